The number of halogens is 2. The third-order valence-electron chi connectivity index (χ3n) is 7.57. The van der Waals surface area contributed by atoms with Gasteiger partial charge >= 0.3 is 5.97 Å². The van der Waals surface area contributed by atoms with Crippen molar-refractivity contribution in [2.24, 2.45) is 11.8 Å². The van der Waals surface area contributed by atoms with Crippen LogP contribution in [0.25, 0.3) is 11.1 Å². The molecule has 244 valence electrons. The zero-order chi connectivity index (χ0) is 33.6. The number of aliphatic hydroxyl groups is 1. The highest BCUT2D eigenvalue weighted by Crippen LogP contribution is 2.37. The molecule has 3 aromatic rings. The molecule has 0 amide bonds. The lowest BCUT2D eigenvalue weighted by Gasteiger charge is -2.31. The number of aryl methyl sites for hydroxylation is 1. The predicted molar refractivity (Wildman–Crippen MR) is 189 cm³/mol. The van der Waals surface area contributed by atoms with Crippen molar-refractivity contribution in [2.45, 2.75) is 70.2 Å². The van der Waals surface area contributed by atoms with Gasteiger partial charge in [0, 0.05) is 58.2 Å². The molecule has 3 N–H and O–H groups in total. The average Bonchev–Trinajstić information content (AvgIpc) is 3.42. The number of benzene rings is 3. The summed E-state index contributed by atoms with van der Waals surface area (Å²) in [5, 5.41) is 30.6. The highest BCUT2D eigenvalue weighted by atomic mass is 35.5. The van der Waals surface area contributed by atoms with Crippen LogP contribution in [0.2, 0.25) is 10.0 Å². The second kappa shape index (κ2) is 19.2. The molecule has 1 atom stereocenters. The molecule has 9 heteroatoms. The lowest BCUT2D eigenvalue weighted by molar-refractivity contribution is -0.136. The van der Waals surface area contributed by atoms with Crippen LogP contribution in [0.4, 0.5) is 0 Å². The van der Waals surface area contributed by atoms with E-state index in [1.165, 1.54) is 11.1 Å². The van der Waals surface area contributed by atoms with E-state index >= 15 is 0 Å². The molecule has 0 saturated heterocycles. The van der Waals surface area contributed by atoms with E-state index in [0.29, 0.717) is 35.5 Å². The standard InChI is InChI=1S/C33H37Cl2N3O2S.C2H6.CH4O/c1-33(2,18-23-14-25-6-4-5-7-26(25)15-23)37-20-24(19-36)21-38(3)41-27-10-12-29(31(35)17-27)28-11-8-22(16-30(28)34)9-13-32(39)40;2*1-2/h4-8,10-12,16-17,23-24,37H,9,13-15,18,20-21H2,1-3H3,(H,39,40);1-2H3;2H,1H3. The first-order chi connectivity index (χ1) is 21.5. The van der Waals surface area contributed by atoms with Crippen molar-refractivity contribution in [3.05, 3.63) is 87.4 Å². The van der Waals surface area contributed by atoms with Crippen LogP contribution in [-0.2, 0) is 24.1 Å². The number of nitrogens with zero attached hydrogens (tertiary/aromatic N) is 2. The highest BCUT2D eigenvalue weighted by Gasteiger charge is 2.28. The van der Waals surface area contributed by atoms with Crippen molar-refractivity contribution < 1.29 is 15.0 Å². The molecular formula is C36H47Cl2N3O3S. The molecule has 0 radical (unpaired) electrons. The summed E-state index contributed by atoms with van der Waals surface area (Å²) >= 11 is 14.7. The fourth-order valence-corrected chi connectivity index (χ4v) is 7.19. The SMILES string of the molecule is CC.CN(CC(C#N)CNC(C)(C)CC1Cc2ccccc2C1)Sc1ccc(-c2ccc(CCC(=O)O)cc2Cl)c(Cl)c1.CO. The summed E-state index contributed by atoms with van der Waals surface area (Å²) in [7, 11) is 2.99. The van der Waals surface area contributed by atoms with E-state index in [2.05, 4.69) is 53.8 Å². The van der Waals surface area contributed by atoms with Crippen molar-refractivity contribution in [3.8, 4) is 17.2 Å². The number of nitrogens with one attached hydrogen (secondary N) is 1. The molecule has 0 aromatic heterocycles. The zero-order valence-corrected chi connectivity index (χ0v) is 29.6. The Morgan fingerprint density at radius 2 is 1.62 bits per heavy atom. The van der Waals surface area contributed by atoms with Gasteiger partial charge in [0.15, 0.2) is 0 Å². The summed E-state index contributed by atoms with van der Waals surface area (Å²) in [5.41, 5.74) is 5.40. The molecule has 0 fully saturated rings. The normalized spacial score (nSPS) is 13.2. The minimum absolute atomic E-state index is 0.0490. The number of carboxylic acid groups (broad SMARTS) is 1. The molecule has 1 unspecified atom stereocenters. The van der Waals surface area contributed by atoms with Crippen molar-refractivity contribution in [1.29, 1.82) is 5.26 Å². The number of rotatable bonds is 13. The lowest BCUT2D eigenvalue weighted by atomic mass is 9.88. The quantitative estimate of drug-likeness (QED) is 0.157. The van der Waals surface area contributed by atoms with Gasteiger partial charge in [-0.25, -0.2) is 4.31 Å². The highest BCUT2D eigenvalue weighted by molar-refractivity contribution is 7.97. The molecule has 3 aromatic carbocycles. The van der Waals surface area contributed by atoms with E-state index in [0.717, 1.165) is 48.0 Å². The van der Waals surface area contributed by atoms with Crippen molar-refractivity contribution in [3.63, 3.8) is 0 Å². The Bertz CT molecular complexity index is 1400. The van der Waals surface area contributed by atoms with Gasteiger partial charge in [-0.05, 0) is 99.3 Å². The third kappa shape index (κ3) is 12.3. The van der Waals surface area contributed by atoms with Gasteiger partial charge in [-0.3, -0.25) is 4.79 Å². The first-order valence-electron chi connectivity index (χ1n) is 15.4. The zero-order valence-electron chi connectivity index (χ0n) is 27.2. The molecule has 0 aliphatic heterocycles. The molecule has 0 bridgehead atoms. The van der Waals surface area contributed by atoms with Crippen LogP contribution in [0.3, 0.4) is 0 Å². The van der Waals surface area contributed by atoms with Crippen molar-refractivity contribution in [1.82, 2.24) is 9.62 Å². The van der Waals surface area contributed by atoms with Gasteiger partial charge < -0.3 is 15.5 Å². The Morgan fingerprint density at radius 1 is 1.04 bits per heavy atom. The second-order valence-corrected chi connectivity index (χ2v) is 13.7. The largest absolute Gasteiger partial charge is 0.481 e. The number of nitriles is 1. The number of aliphatic hydroxyl groups excluding tert-OH is 1. The summed E-state index contributed by atoms with van der Waals surface area (Å²) in [4.78, 5) is 11.8. The van der Waals surface area contributed by atoms with E-state index in [-0.39, 0.29) is 17.9 Å². The van der Waals surface area contributed by atoms with Crippen LogP contribution in [0.15, 0.2) is 65.6 Å². The number of fused-ring (bicyclic) bond motifs is 1. The summed E-state index contributed by atoms with van der Waals surface area (Å²) in [6, 6.07) is 22.7. The summed E-state index contributed by atoms with van der Waals surface area (Å²) in [5.74, 6) is -0.356. The number of hydrogen-bond acceptors (Lipinski definition) is 6. The summed E-state index contributed by atoms with van der Waals surface area (Å²) in [6.07, 6.45) is 3.83. The molecule has 1 aliphatic rings. The molecule has 1 aliphatic carbocycles. The number of aliphatic carboxylic acids is 1. The topological polar surface area (TPSA) is 96.6 Å². The van der Waals surface area contributed by atoms with Gasteiger partial charge in [-0.2, -0.15) is 5.26 Å². The van der Waals surface area contributed by atoms with E-state index in [9.17, 15) is 10.1 Å². The van der Waals surface area contributed by atoms with Gasteiger partial charge in [0.1, 0.15) is 0 Å². The average molecular weight is 673 g/mol. The van der Waals surface area contributed by atoms with Gasteiger partial charge in [0.05, 0.1) is 12.0 Å². The van der Waals surface area contributed by atoms with Crippen LogP contribution < -0.4 is 5.32 Å². The Morgan fingerprint density at radius 3 is 2.16 bits per heavy atom. The Kier molecular flexibility index (Phi) is 16.5. The summed E-state index contributed by atoms with van der Waals surface area (Å²) < 4.78 is 2.08. The van der Waals surface area contributed by atoms with Crippen LogP contribution in [0.1, 0.15) is 57.2 Å². The van der Waals surface area contributed by atoms with E-state index < -0.39 is 5.97 Å². The minimum Gasteiger partial charge on any atom is -0.481 e. The van der Waals surface area contributed by atoms with Crippen LogP contribution in [-0.4, -0.2) is 53.3 Å². The molecule has 0 heterocycles. The second-order valence-electron chi connectivity index (χ2n) is 11.6. The number of carbonyl (C=O) groups is 1. The molecule has 6 nitrogen and oxygen atoms in total. The minimum atomic E-state index is -0.835. The molecular weight excluding hydrogens is 625 g/mol. The number of carboxylic acids is 1. The van der Waals surface area contributed by atoms with Crippen molar-refractivity contribution >= 4 is 41.1 Å². The monoisotopic (exact) mass is 671 g/mol. The van der Waals surface area contributed by atoms with E-state index in [4.69, 9.17) is 33.4 Å². The predicted octanol–water partition coefficient (Wildman–Crippen LogP) is 8.56. The third-order valence-corrected chi connectivity index (χ3v) is 9.13. The maximum atomic E-state index is 10.9. The van der Waals surface area contributed by atoms with Gasteiger partial charge in [-0.15, -0.1) is 0 Å². The Balaban J connectivity index is 0.00000169. The van der Waals surface area contributed by atoms with Gasteiger partial charge in [0.25, 0.3) is 0 Å². The van der Waals surface area contributed by atoms with Crippen LogP contribution in [0.5, 0.6) is 0 Å². The van der Waals surface area contributed by atoms with E-state index in [1.807, 2.05) is 51.2 Å². The summed E-state index contributed by atoms with van der Waals surface area (Å²) in [6.45, 7) is 9.72. The fourth-order valence-electron chi connectivity index (χ4n) is 5.62. The molecule has 0 spiro atoms. The van der Waals surface area contributed by atoms with Crippen LogP contribution in [0, 0.1) is 23.2 Å². The van der Waals surface area contributed by atoms with Crippen molar-refractivity contribution in [2.75, 3.05) is 27.2 Å². The maximum Gasteiger partial charge on any atom is 0.303 e. The molecule has 4 rings (SSSR count). The number of hydrogen-bond donors (Lipinski definition) is 3. The molecule has 0 saturated carbocycles. The first kappa shape index (κ1) is 38.6. The van der Waals surface area contributed by atoms with Gasteiger partial charge in [-0.1, -0.05) is 79.5 Å². The fraction of sp³-hybridized carbons (Fsp3) is 0.444. The van der Waals surface area contributed by atoms with Crippen LogP contribution >= 0.6 is 35.1 Å². The Labute approximate surface area is 283 Å². The lowest BCUT2D eigenvalue weighted by Crippen LogP contribution is -2.44. The van der Waals surface area contributed by atoms with Gasteiger partial charge in [0.2, 0.25) is 0 Å². The maximum absolute atomic E-state index is 10.9. The first-order valence-corrected chi connectivity index (χ1v) is 16.9. The van der Waals surface area contributed by atoms with E-state index in [1.54, 1.807) is 18.0 Å². The molecule has 45 heavy (non-hydrogen) atoms. The smallest absolute Gasteiger partial charge is 0.303 e. The Hall–Kier alpha value is -2.57.